The molecule has 0 saturated carbocycles. The fourth-order valence-corrected chi connectivity index (χ4v) is 3.11. The van der Waals surface area contributed by atoms with E-state index in [4.69, 9.17) is 18.1 Å². The summed E-state index contributed by atoms with van der Waals surface area (Å²) in [5.41, 5.74) is 0. The summed E-state index contributed by atoms with van der Waals surface area (Å²) in [7, 11) is -5.66. The molecule has 8 heteroatoms. The highest BCUT2D eigenvalue weighted by atomic mass is 31.1. The molecule has 0 saturated heterocycles. The molecule has 0 aliphatic carbocycles. The van der Waals surface area contributed by atoms with E-state index in [1.165, 1.54) is 0 Å². The molecule has 1 aliphatic heterocycles. The summed E-state index contributed by atoms with van der Waals surface area (Å²) in [6, 6.07) is 12.9. The van der Waals surface area contributed by atoms with Crippen LogP contribution in [0.15, 0.2) is 48.5 Å². The Kier molecular flexibility index (Phi) is 3.68. The van der Waals surface area contributed by atoms with E-state index in [1.54, 1.807) is 48.5 Å². The maximum absolute atomic E-state index is 11.9. The number of hydrogen-bond donors (Lipinski definition) is 0. The largest absolute Gasteiger partial charge is 0.419 e. The van der Waals surface area contributed by atoms with Gasteiger partial charge in [-0.2, -0.15) is 0 Å². The van der Waals surface area contributed by atoms with Gasteiger partial charge >= 0.3 is 16.5 Å². The second-order valence-corrected chi connectivity index (χ2v) is 5.62. The quantitative estimate of drug-likeness (QED) is 0.691. The molecule has 2 aromatic rings. The maximum atomic E-state index is 11.9. The number of fused-ring (bicyclic) bond motifs is 2. The van der Waals surface area contributed by atoms with Crippen LogP contribution in [0, 0.1) is 0 Å². The van der Waals surface area contributed by atoms with Gasteiger partial charge < -0.3 is 18.1 Å². The van der Waals surface area contributed by atoms with Crippen LogP contribution in [0.4, 0.5) is 0 Å². The monoisotopic (exact) mass is 312 g/mol. The lowest BCUT2D eigenvalue weighted by Crippen LogP contribution is -1.97. The predicted octanol–water partition coefficient (Wildman–Crippen LogP) is 3.70. The molecule has 0 atom stereocenters. The molecule has 6 nitrogen and oxygen atoms in total. The summed E-state index contributed by atoms with van der Waals surface area (Å²) < 4.78 is 44.5. The van der Waals surface area contributed by atoms with E-state index in [0.717, 1.165) is 0 Å². The van der Waals surface area contributed by atoms with Crippen LogP contribution in [0.1, 0.15) is 0 Å². The predicted molar refractivity (Wildman–Crippen MR) is 73.4 cm³/mol. The summed E-state index contributed by atoms with van der Waals surface area (Å²) in [6.45, 7) is 0. The SMILES string of the molecule is O=[PH]1Oc2ccccc2O[PH](=O)Oc2ccccc2O1. The Bertz CT molecular complexity index is 574. The molecule has 20 heavy (non-hydrogen) atoms. The van der Waals surface area contributed by atoms with Crippen molar-refractivity contribution in [3.05, 3.63) is 48.5 Å². The Morgan fingerprint density at radius 1 is 0.550 bits per heavy atom. The normalized spacial score (nSPS) is 21.0. The first-order valence-electron chi connectivity index (χ1n) is 5.70. The molecule has 3 rings (SSSR count). The van der Waals surface area contributed by atoms with Crippen molar-refractivity contribution in [2.24, 2.45) is 0 Å². The van der Waals surface area contributed by atoms with Crippen molar-refractivity contribution in [2.45, 2.75) is 0 Å². The van der Waals surface area contributed by atoms with Crippen molar-refractivity contribution in [3.8, 4) is 23.0 Å². The van der Waals surface area contributed by atoms with Gasteiger partial charge in [0.2, 0.25) is 0 Å². The van der Waals surface area contributed by atoms with Gasteiger partial charge in [0.25, 0.3) is 0 Å². The second kappa shape index (κ2) is 5.61. The molecule has 0 radical (unpaired) electrons. The summed E-state index contributed by atoms with van der Waals surface area (Å²) in [4.78, 5) is 0. The fourth-order valence-electron chi connectivity index (χ4n) is 1.64. The number of para-hydroxylation sites is 4. The lowest BCUT2D eigenvalue weighted by atomic mass is 10.3. The maximum Gasteiger partial charge on any atom is 0.419 e. The summed E-state index contributed by atoms with van der Waals surface area (Å²) in [6.07, 6.45) is 0. The van der Waals surface area contributed by atoms with E-state index in [1.807, 2.05) is 0 Å². The highest BCUT2D eigenvalue weighted by Gasteiger charge is 2.18. The summed E-state index contributed by atoms with van der Waals surface area (Å²) >= 11 is 0. The zero-order chi connectivity index (χ0) is 13.9. The first-order chi connectivity index (χ1) is 9.72. The fraction of sp³-hybridized carbons (Fsp3) is 0. The molecule has 1 heterocycles. The van der Waals surface area contributed by atoms with Crippen molar-refractivity contribution in [2.75, 3.05) is 0 Å². The van der Waals surface area contributed by atoms with Gasteiger partial charge in [0.05, 0.1) is 0 Å². The molecule has 0 fully saturated rings. The zero-order valence-electron chi connectivity index (χ0n) is 10.1. The Morgan fingerprint density at radius 2 is 0.800 bits per heavy atom. The highest BCUT2D eigenvalue weighted by molar-refractivity contribution is 7.35. The van der Waals surface area contributed by atoms with Crippen molar-refractivity contribution < 1.29 is 27.2 Å². The zero-order valence-corrected chi connectivity index (χ0v) is 12.1. The number of rotatable bonds is 0. The molecule has 0 bridgehead atoms. The van der Waals surface area contributed by atoms with Gasteiger partial charge in [-0.05, 0) is 24.3 Å². The van der Waals surface area contributed by atoms with Crippen LogP contribution in [0.3, 0.4) is 0 Å². The second-order valence-electron chi connectivity index (χ2n) is 3.80. The van der Waals surface area contributed by atoms with Crippen LogP contribution in [0.2, 0.25) is 0 Å². The molecular formula is C12H10O6P2. The van der Waals surface area contributed by atoms with Gasteiger partial charge in [-0.3, -0.25) is 0 Å². The minimum absolute atomic E-state index is 0.192. The topological polar surface area (TPSA) is 71.1 Å². The molecule has 104 valence electrons. The van der Waals surface area contributed by atoms with Crippen molar-refractivity contribution in [1.82, 2.24) is 0 Å². The van der Waals surface area contributed by atoms with Crippen LogP contribution in [-0.2, 0) is 9.13 Å². The van der Waals surface area contributed by atoms with Gasteiger partial charge in [-0.1, -0.05) is 24.3 Å². The Morgan fingerprint density at radius 3 is 1.05 bits per heavy atom. The van der Waals surface area contributed by atoms with E-state index in [0.29, 0.717) is 0 Å². The van der Waals surface area contributed by atoms with Gasteiger partial charge in [0.15, 0.2) is 23.0 Å². The van der Waals surface area contributed by atoms with Gasteiger partial charge in [0, 0.05) is 0 Å². The van der Waals surface area contributed by atoms with E-state index < -0.39 is 16.5 Å². The van der Waals surface area contributed by atoms with Crippen LogP contribution in [0.25, 0.3) is 0 Å². The first kappa shape index (κ1) is 13.1. The van der Waals surface area contributed by atoms with Crippen molar-refractivity contribution >= 4 is 16.5 Å². The number of hydrogen-bond acceptors (Lipinski definition) is 6. The third-order valence-electron chi connectivity index (χ3n) is 2.47. The van der Waals surface area contributed by atoms with Crippen LogP contribution in [0.5, 0.6) is 23.0 Å². The molecule has 2 aromatic carbocycles. The minimum atomic E-state index is -2.83. The highest BCUT2D eigenvalue weighted by Crippen LogP contribution is 2.45. The molecule has 0 aromatic heterocycles. The Balaban J connectivity index is 2.00. The van der Waals surface area contributed by atoms with Gasteiger partial charge in [-0.25, -0.2) is 9.13 Å². The van der Waals surface area contributed by atoms with Crippen LogP contribution in [-0.4, -0.2) is 0 Å². The number of benzene rings is 2. The minimum Gasteiger partial charge on any atom is -0.414 e. The molecule has 0 N–H and O–H groups in total. The van der Waals surface area contributed by atoms with E-state index in [9.17, 15) is 9.13 Å². The third-order valence-corrected chi connectivity index (χ3v) is 4.02. The smallest absolute Gasteiger partial charge is 0.414 e. The van der Waals surface area contributed by atoms with E-state index in [2.05, 4.69) is 0 Å². The summed E-state index contributed by atoms with van der Waals surface area (Å²) in [5, 5.41) is 0. The van der Waals surface area contributed by atoms with Crippen LogP contribution < -0.4 is 18.1 Å². The lowest BCUT2D eigenvalue weighted by molar-refractivity contribution is 0.368. The molecule has 0 amide bonds. The van der Waals surface area contributed by atoms with Crippen LogP contribution >= 0.6 is 16.5 Å². The van der Waals surface area contributed by atoms with Crippen molar-refractivity contribution in [1.29, 1.82) is 0 Å². The Labute approximate surface area is 116 Å². The Hall–Kier alpha value is -1.90. The van der Waals surface area contributed by atoms with E-state index in [-0.39, 0.29) is 23.0 Å². The van der Waals surface area contributed by atoms with E-state index >= 15 is 0 Å². The summed E-state index contributed by atoms with van der Waals surface area (Å²) in [5.74, 6) is 0.769. The van der Waals surface area contributed by atoms with Gasteiger partial charge in [0.1, 0.15) is 0 Å². The lowest BCUT2D eigenvalue weighted by Gasteiger charge is -2.17. The van der Waals surface area contributed by atoms with Crippen molar-refractivity contribution in [3.63, 3.8) is 0 Å². The average molecular weight is 312 g/mol. The molecular weight excluding hydrogens is 302 g/mol. The molecule has 1 aliphatic rings. The molecule has 0 unspecified atom stereocenters. The average Bonchev–Trinajstić information content (AvgIpc) is 2.43. The first-order valence-corrected chi connectivity index (χ1v) is 8.15. The third kappa shape index (κ3) is 2.82. The molecule has 0 spiro atoms. The van der Waals surface area contributed by atoms with Gasteiger partial charge in [-0.15, -0.1) is 0 Å². The standard InChI is InChI=1S/C12H10O6P2/c13-19-15-9-5-1-2-6-10(9)16-20(14)18-12-8-4-3-7-11(12)17-19/h1-8,19-20H.